The minimum absolute atomic E-state index is 0.268. The number of hydrogen-bond donors (Lipinski definition) is 2. The highest BCUT2D eigenvalue weighted by atomic mass is 16.5. The number of nitrogens with zero attached hydrogens (tertiary/aromatic N) is 2. The van der Waals surface area contributed by atoms with E-state index in [0.29, 0.717) is 30.6 Å². The van der Waals surface area contributed by atoms with Crippen molar-refractivity contribution in [3.63, 3.8) is 0 Å². The van der Waals surface area contributed by atoms with Crippen LogP contribution in [0.3, 0.4) is 0 Å². The van der Waals surface area contributed by atoms with Crippen LogP contribution in [0, 0.1) is 6.92 Å². The first-order chi connectivity index (χ1) is 11.7. The Morgan fingerprint density at radius 1 is 1.25 bits per heavy atom. The summed E-state index contributed by atoms with van der Waals surface area (Å²) in [5.74, 6) is 2.33. The maximum Gasteiger partial charge on any atom is 0.223 e. The van der Waals surface area contributed by atoms with Gasteiger partial charge in [-0.1, -0.05) is 17.3 Å². The minimum atomic E-state index is -0.652. The number of furan rings is 1. The van der Waals surface area contributed by atoms with Gasteiger partial charge in [-0.25, -0.2) is 0 Å². The van der Waals surface area contributed by atoms with E-state index in [-0.39, 0.29) is 6.61 Å². The first-order valence-electron chi connectivity index (χ1n) is 7.64. The van der Waals surface area contributed by atoms with Crippen LogP contribution in [0.15, 0.2) is 51.6 Å². The highest BCUT2D eigenvalue weighted by molar-refractivity contribution is 5.27. The summed E-state index contributed by atoms with van der Waals surface area (Å²) in [5, 5.41) is 16.9. The van der Waals surface area contributed by atoms with Gasteiger partial charge in [-0.3, -0.25) is 0 Å². The fraction of sp³-hybridized carbons (Fsp3) is 0.294. The molecule has 0 bridgehead atoms. The molecular formula is C17H19N3O4. The third kappa shape index (κ3) is 4.43. The molecule has 0 fully saturated rings. The van der Waals surface area contributed by atoms with Crippen molar-refractivity contribution in [2.24, 2.45) is 0 Å². The van der Waals surface area contributed by atoms with Crippen molar-refractivity contribution in [3.05, 3.63) is 65.7 Å². The summed E-state index contributed by atoms with van der Waals surface area (Å²) >= 11 is 0. The quantitative estimate of drug-likeness (QED) is 0.655. The maximum absolute atomic E-state index is 9.92. The predicted molar refractivity (Wildman–Crippen MR) is 85.2 cm³/mol. The van der Waals surface area contributed by atoms with Crippen LogP contribution in [0.2, 0.25) is 0 Å². The van der Waals surface area contributed by atoms with Crippen molar-refractivity contribution in [2.45, 2.75) is 26.2 Å². The van der Waals surface area contributed by atoms with Gasteiger partial charge < -0.3 is 24.1 Å². The van der Waals surface area contributed by atoms with Crippen molar-refractivity contribution in [2.75, 3.05) is 6.54 Å². The van der Waals surface area contributed by atoms with Crippen LogP contribution in [0.5, 0.6) is 5.75 Å². The number of nitrogens with one attached hydrogen (secondary N) is 1. The van der Waals surface area contributed by atoms with E-state index in [2.05, 4.69) is 15.5 Å². The highest BCUT2D eigenvalue weighted by Gasteiger charge is 2.09. The Morgan fingerprint density at radius 3 is 2.75 bits per heavy atom. The van der Waals surface area contributed by atoms with E-state index in [1.807, 2.05) is 24.3 Å². The lowest BCUT2D eigenvalue weighted by atomic mass is 10.2. The molecule has 0 aliphatic rings. The standard InChI is InChI=1S/C17H19N3O4/c1-12-19-17(20-24-12)11-23-14-6-4-13(5-7-14)9-18-10-15(21)16-3-2-8-22-16/h2-8,15,18,21H,9-11H2,1H3. The van der Waals surface area contributed by atoms with Crippen LogP contribution < -0.4 is 10.1 Å². The molecule has 0 aliphatic heterocycles. The first-order valence-corrected chi connectivity index (χ1v) is 7.64. The summed E-state index contributed by atoms with van der Waals surface area (Å²) in [4.78, 5) is 4.08. The van der Waals surface area contributed by atoms with E-state index in [1.165, 1.54) is 0 Å². The Balaban J connectivity index is 1.42. The van der Waals surface area contributed by atoms with Crippen LogP contribution in [-0.4, -0.2) is 21.8 Å². The third-order valence-electron chi connectivity index (χ3n) is 3.40. The van der Waals surface area contributed by atoms with Crippen LogP contribution in [0.1, 0.15) is 29.1 Å². The Kier molecular flexibility index (Phi) is 5.25. The Labute approximate surface area is 139 Å². The van der Waals surface area contributed by atoms with E-state index in [1.54, 1.807) is 25.3 Å². The van der Waals surface area contributed by atoms with Gasteiger partial charge >= 0.3 is 0 Å². The predicted octanol–water partition coefficient (Wildman–Crippen LogP) is 2.37. The summed E-state index contributed by atoms with van der Waals surface area (Å²) in [5.41, 5.74) is 1.09. The molecule has 2 N–H and O–H groups in total. The summed E-state index contributed by atoms with van der Waals surface area (Å²) in [6, 6.07) is 11.2. The second-order valence-corrected chi connectivity index (χ2v) is 5.32. The number of benzene rings is 1. The molecule has 0 amide bonds. The molecule has 126 valence electrons. The largest absolute Gasteiger partial charge is 0.485 e. The molecule has 0 spiro atoms. The fourth-order valence-electron chi connectivity index (χ4n) is 2.19. The molecule has 0 radical (unpaired) electrons. The van der Waals surface area contributed by atoms with E-state index in [4.69, 9.17) is 13.7 Å². The summed E-state index contributed by atoms with van der Waals surface area (Å²) in [6.07, 6.45) is 0.897. The van der Waals surface area contributed by atoms with E-state index in [9.17, 15) is 5.11 Å². The molecule has 0 saturated heterocycles. The molecule has 1 atom stereocenters. The van der Waals surface area contributed by atoms with Crippen molar-refractivity contribution < 1.29 is 18.8 Å². The van der Waals surface area contributed by atoms with Gasteiger partial charge in [0.25, 0.3) is 0 Å². The minimum Gasteiger partial charge on any atom is -0.485 e. The number of aryl methyl sites for hydroxylation is 1. The van der Waals surface area contributed by atoms with Gasteiger partial charge in [-0.15, -0.1) is 0 Å². The monoisotopic (exact) mass is 329 g/mol. The normalized spacial score (nSPS) is 12.2. The molecule has 1 unspecified atom stereocenters. The van der Waals surface area contributed by atoms with Crippen molar-refractivity contribution in [1.82, 2.24) is 15.5 Å². The molecular weight excluding hydrogens is 310 g/mol. The molecule has 1 aromatic carbocycles. The molecule has 2 aromatic heterocycles. The maximum atomic E-state index is 9.92. The Hall–Kier alpha value is -2.64. The average molecular weight is 329 g/mol. The van der Waals surface area contributed by atoms with E-state index in [0.717, 1.165) is 11.3 Å². The highest BCUT2D eigenvalue weighted by Crippen LogP contribution is 2.15. The number of aliphatic hydroxyl groups is 1. The SMILES string of the molecule is Cc1nc(COc2ccc(CNCC(O)c3ccco3)cc2)no1. The second kappa shape index (κ2) is 7.76. The lowest BCUT2D eigenvalue weighted by Gasteiger charge is -2.10. The van der Waals surface area contributed by atoms with Gasteiger partial charge in [0.2, 0.25) is 11.7 Å². The summed E-state index contributed by atoms with van der Waals surface area (Å²) in [7, 11) is 0. The van der Waals surface area contributed by atoms with Gasteiger partial charge in [0.05, 0.1) is 6.26 Å². The molecule has 7 heteroatoms. The first kappa shape index (κ1) is 16.2. The smallest absolute Gasteiger partial charge is 0.223 e. The van der Waals surface area contributed by atoms with Gasteiger partial charge in [0.1, 0.15) is 17.6 Å². The molecule has 0 saturated carbocycles. The zero-order chi connectivity index (χ0) is 16.8. The number of aliphatic hydroxyl groups excluding tert-OH is 1. The number of ether oxygens (including phenoxy) is 1. The van der Waals surface area contributed by atoms with Gasteiger partial charge in [-0.05, 0) is 29.8 Å². The number of hydrogen-bond acceptors (Lipinski definition) is 7. The Morgan fingerprint density at radius 2 is 2.08 bits per heavy atom. The summed E-state index contributed by atoms with van der Waals surface area (Å²) in [6.45, 7) is 3.07. The van der Waals surface area contributed by atoms with Crippen LogP contribution in [-0.2, 0) is 13.2 Å². The Bertz CT molecular complexity index is 738. The van der Waals surface area contributed by atoms with E-state index < -0.39 is 6.10 Å². The topological polar surface area (TPSA) is 93.5 Å². The molecule has 3 aromatic rings. The molecule has 0 aliphatic carbocycles. The summed E-state index contributed by atoms with van der Waals surface area (Å²) < 4.78 is 15.6. The fourth-order valence-corrected chi connectivity index (χ4v) is 2.19. The zero-order valence-corrected chi connectivity index (χ0v) is 13.3. The van der Waals surface area contributed by atoms with Crippen molar-refractivity contribution in [1.29, 1.82) is 0 Å². The van der Waals surface area contributed by atoms with Gasteiger partial charge in [0.15, 0.2) is 6.61 Å². The zero-order valence-electron chi connectivity index (χ0n) is 13.3. The number of rotatable bonds is 8. The van der Waals surface area contributed by atoms with Gasteiger partial charge in [-0.2, -0.15) is 4.98 Å². The molecule has 3 rings (SSSR count). The van der Waals surface area contributed by atoms with Crippen LogP contribution >= 0.6 is 0 Å². The third-order valence-corrected chi connectivity index (χ3v) is 3.40. The molecule has 7 nitrogen and oxygen atoms in total. The van der Waals surface area contributed by atoms with E-state index >= 15 is 0 Å². The molecule has 2 heterocycles. The van der Waals surface area contributed by atoms with Crippen molar-refractivity contribution >= 4 is 0 Å². The van der Waals surface area contributed by atoms with Crippen LogP contribution in [0.4, 0.5) is 0 Å². The molecule has 24 heavy (non-hydrogen) atoms. The lowest BCUT2D eigenvalue weighted by Crippen LogP contribution is -2.20. The second-order valence-electron chi connectivity index (χ2n) is 5.32. The average Bonchev–Trinajstić information content (AvgIpc) is 3.26. The lowest BCUT2D eigenvalue weighted by molar-refractivity contribution is 0.147. The number of aromatic nitrogens is 2. The van der Waals surface area contributed by atoms with Crippen molar-refractivity contribution in [3.8, 4) is 5.75 Å². The van der Waals surface area contributed by atoms with Gasteiger partial charge in [0, 0.05) is 20.0 Å². The van der Waals surface area contributed by atoms with Crippen LogP contribution in [0.25, 0.3) is 0 Å².